The lowest BCUT2D eigenvalue weighted by Crippen LogP contribution is -2.45. The Morgan fingerprint density at radius 2 is 2.40 bits per heavy atom. The molecule has 1 rings (SSSR count). The fourth-order valence-corrected chi connectivity index (χ4v) is 2.47. The second-order valence-corrected chi connectivity index (χ2v) is 4.41. The van der Waals surface area contributed by atoms with E-state index in [1.807, 2.05) is 0 Å². The van der Waals surface area contributed by atoms with Crippen LogP contribution in [0.3, 0.4) is 0 Å². The molecular formula is C9H13NO4S. The summed E-state index contributed by atoms with van der Waals surface area (Å²) in [6.45, 7) is 5.29. The van der Waals surface area contributed by atoms with Gasteiger partial charge in [0.15, 0.2) is 0 Å². The highest BCUT2D eigenvalue weighted by Gasteiger charge is 2.40. The molecule has 0 aliphatic carbocycles. The number of thioether (sulfide) groups is 1. The SMILES string of the molecule is C=CCOC(=O)N1C(C)SC[C@H]1C(=O)O. The monoisotopic (exact) mass is 231 g/mol. The van der Waals surface area contributed by atoms with Gasteiger partial charge in [-0.25, -0.2) is 9.59 Å². The number of aliphatic carboxylic acids is 1. The highest BCUT2D eigenvalue weighted by atomic mass is 32.2. The first-order valence-corrected chi connectivity index (χ1v) is 5.53. The molecule has 0 bridgehead atoms. The maximum Gasteiger partial charge on any atom is 0.411 e. The highest BCUT2D eigenvalue weighted by Crippen LogP contribution is 2.29. The van der Waals surface area contributed by atoms with E-state index >= 15 is 0 Å². The van der Waals surface area contributed by atoms with Crippen molar-refractivity contribution >= 4 is 23.8 Å². The first-order chi connectivity index (χ1) is 7.07. The second kappa shape index (κ2) is 5.06. The summed E-state index contributed by atoms with van der Waals surface area (Å²) >= 11 is 1.42. The molecule has 0 saturated carbocycles. The van der Waals surface area contributed by atoms with Crippen LogP contribution in [0.25, 0.3) is 0 Å². The zero-order valence-electron chi connectivity index (χ0n) is 8.38. The molecule has 1 unspecified atom stereocenters. The molecule has 6 heteroatoms. The van der Waals surface area contributed by atoms with Crippen molar-refractivity contribution in [3.05, 3.63) is 12.7 Å². The molecule has 0 aromatic carbocycles. The quantitative estimate of drug-likeness (QED) is 0.738. The van der Waals surface area contributed by atoms with Crippen LogP contribution < -0.4 is 0 Å². The Balaban J connectivity index is 2.66. The van der Waals surface area contributed by atoms with E-state index in [1.54, 1.807) is 6.92 Å². The van der Waals surface area contributed by atoms with E-state index in [9.17, 15) is 9.59 Å². The number of rotatable bonds is 3. The Bertz CT molecular complexity index is 281. The minimum absolute atomic E-state index is 0.0963. The van der Waals surface area contributed by atoms with Crippen molar-refractivity contribution < 1.29 is 19.4 Å². The van der Waals surface area contributed by atoms with Gasteiger partial charge in [-0.2, -0.15) is 0 Å². The van der Waals surface area contributed by atoms with E-state index in [0.717, 1.165) is 0 Å². The molecule has 5 nitrogen and oxygen atoms in total. The topological polar surface area (TPSA) is 66.8 Å². The second-order valence-electron chi connectivity index (χ2n) is 3.06. The summed E-state index contributed by atoms with van der Waals surface area (Å²) in [6, 6.07) is -0.790. The molecule has 1 amide bonds. The number of carboxylic acid groups (broad SMARTS) is 1. The van der Waals surface area contributed by atoms with E-state index < -0.39 is 18.1 Å². The van der Waals surface area contributed by atoms with Crippen molar-refractivity contribution in [1.29, 1.82) is 0 Å². The smallest absolute Gasteiger partial charge is 0.411 e. The maximum absolute atomic E-state index is 11.5. The van der Waals surface area contributed by atoms with Crippen molar-refractivity contribution in [2.75, 3.05) is 12.4 Å². The number of amides is 1. The van der Waals surface area contributed by atoms with Gasteiger partial charge in [0.25, 0.3) is 0 Å². The first kappa shape index (κ1) is 11.9. The molecule has 1 aliphatic rings. The Morgan fingerprint density at radius 3 is 2.93 bits per heavy atom. The number of ether oxygens (including phenoxy) is 1. The number of carbonyl (C=O) groups excluding carboxylic acids is 1. The average molecular weight is 231 g/mol. The Kier molecular flexibility index (Phi) is 4.02. The summed E-state index contributed by atoms with van der Waals surface area (Å²) in [5, 5.41) is 8.73. The Labute approximate surface area is 92.1 Å². The fraction of sp³-hybridized carbons (Fsp3) is 0.556. The van der Waals surface area contributed by atoms with Crippen LogP contribution in [-0.2, 0) is 9.53 Å². The normalized spacial score (nSPS) is 25.0. The summed E-state index contributed by atoms with van der Waals surface area (Å²) in [7, 11) is 0. The van der Waals surface area contributed by atoms with Crippen molar-refractivity contribution in [2.24, 2.45) is 0 Å². The van der Waals surface area contributed by atoms with Crippen LogP contribution >= 0.6 is 11.8 Å². The van der Waals surface area contributed by atoms with E-state index in [1.165, 1.54) is 22.7 Å². The van der Waals surface area contributed by atoms with E-state index in [4.69, 9.17) is 9.84 Å². The molecule has 0 aromatic rings. The lowest BCUT2D eigenvalue weighted by molar-refractivity contribution is -0.141. The number of hydrogen-bond donors (Lipinski definition) is 1. The summed E-state index contributed by atoms with van der Waals surface area (Å²) in [4.78, 5) is 23.6. The van der Waals surface area contributed by atoms with Gasteiger partial charge in [0, 0.05) is 5.75 Å². The third kappa shape index (κ3) is 2.65. The van der Waals surface area contributed by atoms with Crippen LogP contribution in [-0.4, -0.2) is 45.8 Å². The van der Waals surface area contributed by atoms with Crippen molar-refractivity contribution in [3.63, 3.8) is 0 Å². The fourth-order valence-electron chi connectivity index (χ4n) is 1.32. The van der Waals surface area contributed by atoms with Crippen molar-refractivity contribution in [1.82, 2.24) is 4.90 Å². The molecule has 84 valence electrons. The van der Waals surface area contributed by atoms with Gasteiger partial charge in [-0.1, -0.05) is 12.7 Å². The van der Waals surface area contributed by atoms with Crippen LogP contribution in [0.2, 0.25) is 0 Å². The Hall–Kier alpha value is -1.17. The lowest BCUT2D eigenvalue weighted by Gasteiger charge is -2.23. The maximum atomic E-state index is 11.5. The van der Waals surface area contributed by atoms with Crippen LogP contribution in [0.4, 0.5) is 4.79 Å². The number of carboxylic acids is 1. The van der Waals surface area contributed by atoms with E-state index in [0.29, 0.717) is 5.75 Å². The highest BCUT2D eigenvalue weighted by molar-refractivity contribution is 8.00. The molecular weight excluding hydrogens is 218 g/mol. The summed E-state index contributed by atoms with van der Waals surface area (Å²) in [5.74, 6) is -0.595. The summed E-state index contributed by atoms with van der Waals surface area (Å²) < 4.78 is 4.82. The molecule has 0 aromatic heterocycles. The molecule has 1 fully saturated rings. The van der Waals surface area contributed by atoms with Crippen LogP contribution in [0, 0.1) is 0 Å². The zero-order valence-corrected chi connectivity index (χ0v) is 9.20. The first-order valence-electron chi connectivity index (χ1n) is 4.48. The molecule has 2 atom stereocenters. The molecule has 0 spiro atoms. The van der Waals surface area contributed by atoms with Crippen molar-refractivity contribution in [2.45, 2.75) is 18.3 Å². The Morgan fingerprint density at radius 1 is 1.73 bits per heavy atom. The summed E-state index contributed by atoms with van der Waals surface area (Å²) in [5.41, 5.74) is 0. The van der Waals surface area contributed by atoms with Crippen molar-refractivity contribution in [3.8, 4) is 0 Å². The van der Waals surface area contributed by atoms with Gasteiger partial charge < -0.3 is 9.84 Å². The van der Waals surface area contributed by atoms with Gasteiger partial charge in [-0.05, 0) is 6.92 Å². The largest absolute Gasteiger partial charge is 0.480 e. The molecule has 1 saturated heterocycles. The van der Waals surface area contributed by atoms with E-state index in [-0.39, 0.29) is 12.0 Å². The molecule has 15 heavy (non-hydrogen) atoms. The van der Waals surface area contributed by atoms with Crippen LogP contribution in [0.5, 0.6) is 0 Å². The number of nitrogens with zero attached hydrogens (tertiary/aromatic N) is 1. The van der Waals surface area contributed by atoms with Gasteiger partial charge in [-0.3, -0.25) is 4.90 Å². The number of hydrogen-bond acceptors (Lipinski definition) is 4. The van der Waals surface area contributed by atoms with Gasteiger partial charge in [0.05, 0.1) is 5.37 Å². The van der Waals surface area contributed by atoms with Gasteiger partial charge in [0.1, 0.15) is 12.6 Å². The van der Waals surface area contributed by atoms with Crippen LogP contribution in [0.15, 0.2) is 12.7 Å². The third-order valence-electron chi connectivity index (χ3n) is 2.04. The molecule has 0 radical (unpaired) electrons. The van der Waals surface area contributed by atoms with Gasteiger partial charge in [-0.15, -0.1) is 11.8 Å². The zero-order chi connectivity index (χ0) is 11.4. The predicted molar refractivity (Wildman–Crippen MR) is 56.7 cm³/mol. The molecule has 1 heterocycles. The predicted octanol–water partition coefficient (Wildman–Crippen LogP) is 1.16. The van der Waals surface area contributed by atoms with E-state index in [2.05, 4.69) is 6.58 Å². The van der Waals surface area contributed by atoms with Gasteiger partial charge in [0.2, 0.25) is 0 Å². The average Bonchev–Trinajstić information content (AvgIpc) is 2.56. The third-order valence-corrected chi connectivity index (χ3v) is 3.26. The lowest BCUT2D eigenvalue weighted by atomic mass is 10.3. The van der Waals surface area contributed by atoms with Gasteiger partial charge >= 0.3 is 12.1 Å². The minimum Gasteiger partial charge on any atom is -0.480 e. The summed E-state index contributed by atoms with van der Waals surface area (Å²) in [6.07, 6.45) is 0.849. The standard InChI is InChI=1S/C9H13NO4S/c1-3-4-14-9(13)10-6(2)15-5-7(10)8(11)12/h3,6-7H,1,4-5H2,2H3,(H,11,12)/t6?,7-/m0/s1. The van der Waals surface area contributed by atoms with Crippen LogP contribution in [0.1, 0.15) is 6.92 Å². The molecule has 1 aliphatic heterocycles. The minimum atomic E-state index is -0.998. The molecule has 1 N–H and O–H groups in total. The number of carbonyl (C=O) groups is 2.